The molecular weight excluding hydrogens is 314 g/mol. The summed E-state index contributed by atoms with van der Waals surface area (Å²) in [6.07, 6.45) is 4.92. The quantitative estimate of drug-likeness (QED) is 0.568. The molecule has 1 atom stereocenters. The molecular formula is C20H17N3O2. The summed E-state index contributed by atoms with van der Waals surface area (Å²) in [5.41, 5.74) is 1.61. The van der Waals surface area contributed by atoms with Gasteiger partial charge in [-0.1, -0.05) is 24.3 Å². The Balaban J connectivity index is 1.71. The summed E-state index contributed by atoms with van der Waals surface area (Å²) >= 11 is 0. The van der Waals surface area contributed by atoms with Gasteiger partial charge in [0.2, 0.25) is 5.91 Å². The highest BCUT2D eigenvalue weighted by atomic mass is 16.5. The maximum atomic E-state index is 12.9. The molecule has 4 aromatic rings. The molecule has 2 aromatic carbocycles. The van der Waals surface area contributed by atoms with Crippen molar-refractivity contribution in [1.29, 1.82) is 0 Å². The molecule has 0 aliphatic heterocycles. The van der Waals surface area contributed by atoms with Gasteiger partial charge in [-0.05, 0) is 41.5 Å². The summed E-state index contributed by atoms with van der Waals surface area (Å²) in [6, 6.07) is 13.8. The third-order valence-electron chi connectivity index (χ3n) is 4.53. The van der Waals surface area contributed by atoms with Gasteiger partial charge < -0.3 is 4.74 Å². The molecule has 0 saturated heterocycles. The Hall–Kier alpha value is -3.21. The first kappa shape index (κ1) is 15.3. The molecule has 0 bridgehead atoms. The van der Waals surface area contributed by atoms with Gasteiger partial charge in [0.05, 0.1) is 13.0 Å². The summed E-state index contributed by atoms with van der Waals surface area (Å²) in [5, 5.41) is 3.02. The van der Waals surface area contributed by atoms with Crippen LogP contribution in [0.4, 0.5) is 0 Å². The van der Waals surface area contributed by atoms with Gasteiger partial charge in [-0.3, -0.25) is 9.36 Å². The Labute approximate surface area is 144 Å². The Morgan fingerprint density at radius 1 is 1.08 bits per heavy atom. The molecule has 0 amide bonds. The molecule has 25 heavy (non-hydrogen) atoms. The Morgan fingerprint density at radius 3 is 2.72 bits per heavy atom. The summed E-state index contributed by atoms with van der Waals surface area (Å²) in [6.45, 7) is 1.92. The van der Waals surface area contributed by atoms with Gasteiger partial charge >= 0.3 is 0 Å². The summed E-state index contributed by atoms with van der Waals surface area (Å²) in [7, 11) is 1.65. The van der Waals surface area contributed by atoms with Crippen LogP contribution in [0.15, 0.2) is 61.2 Å². The van der Waals surface area contributed by atoms with E-state index in [9.17, 15) is 4.79 Å². The van der Waals surface area contributed by atoms with Crippen molar-refractivity contribution in [2.45, 2.75) is 12.8 Å². The van der Waals surface area contributed by atoms with E-state index in [1.165, 1.54) is 6.33 Å². The van der Waals surface area contributed by atoms with Gasteiger partial charge in [0.1, 0.15) is 17.7 Å². The minimum Gasteiger partial charge on any atom is -0.497 e. The van der Waals surface area contributed by atoms with Crippen LogP contribution in [-0.2, 0) is 0 Å². The van der Waals surface area contributed by atoms with Gasteiger partial charge in [0.25, 0.3) is 0 Å². The van der Waals surface area contributed by atoms with Crippen LogP contribution in [0, 0.1) is 0 Å². The van der Waals surface area contributed by atoms with E-state index in [2.05, 4.69) is 16.0 Å². The fraction of sp³-hybridized carbons (Fsp3) is 0.150. The molecule has 0 N–H and O–H groups in total. The SMILES string of the molecule is COc1ccc2cc([C@H](C)C(=O)n3ccc4cncnc43)ccc2c1. The maximum absolute atomic E-state index is 12.9. The predicted molar refractivity (Wildman–Crippen MR) is 97.1 cm³/mol. The van der Waals surface area contributed by atoms with Gasteiger partial charge in [-0.25, -0.2) is 9.97 Å². The molecule has 0 aliphatic rings. The second kappa shape index (κ2) is 6.02. The van der Waals surface area contributed by atoms with E-state index in [0.29, 0.717) is 5.65 Å². The summed E-state index contributed by atoms with van der Waals surface area (Å²) < 4.78 is 6.86. The van der Waals surface area contributed by atoms with Crippen LogP contribution >= 0.6 is 0 Å². The third kappa shape index (κ3) is 2.63. The topological polar surface area (TPSA) is 57.0 Å². The third-order valence-corrected chi connectivity index (χ3v) is 4.53. The lowest BCUT2D eigenvalue weighted by molar-refractivity contribution is 0.0889. The molecule has 0 spiro atoms. The zero-order chi connectivity index (χ0) is 17.4. The monoisotopic (exact) mass is 331 g/mol. The number of aromatic nitrogens is 3. The molecule has 0 unspecified atom stereocenters. The zero-order valence-corrected chi connectivity index (χ0v) is 14.0. The van der Waals surface area contributed by atoms with Gasteiger partial charge in [0, 0.05) is 17.8 Å². The number of methoxy groups -OCH3 is 1. The Morgan fingerprint density at radius 2 is 1.88 bits per heavy atom. The molecule has 0 radical (unpaired) electrons. The van der Waals surface area contributed by atoms with E-state index in [0.717, 1.165) is 27.5 Å². The van der Waals surface area contributed by atoms with Crippen LogP contribution in [0.25, 0.3) is 21.8 Å². The number of hydrogen-bond donors (Lipinski definition) is 0. The van der Waals surface area contributed by atoms with Crippen LogP contribution in [0.5, 0.6) is 5.75 Å². The number of nitrogens with zero attached hydrogens (tertiary/aromatic N) is 3. The average molecular weight is 331 g/mol. The van der Waals surface area contributed by atoms with Crippen molar-refractivity contribution >= 4 is 27.7 Å². The number of carbonyl (C=O) groups is 1. The van der Waals surface area contributed by atoms with Crippen molar-refractivity contribution in [3.8, 4) is 5.75 Å². The van der Waals surface area contributed by atoms with Crippen molar-refractivity contribution in [3.63, 3.8) is 0 Å². The lowest BCUT2D eigenvalue weighted by atomic mass is 9.97. The molecule has 0 saturated carbocycles. The molecule has 2 aromatic heterocycles. The highest BCUT2D eigenvalue weighted by Gasteiger charge is 2.19. The van der Waals surface area contributed by atoms with Crippen LogP contribution in [0.1, 0.15) is 23.2 Å². The van der Waals surface area contributed by atoms with Crippen LogP contribution in [0.2, 0.25) is 0 Å². The van der Waals surface area contributed by atoms with Gasteiger partial charge in [-0.2, -0.15) is 0 Å². The number of hydrogen-bond acceptors (Lipinski definition) is 4. The molecule has 5 nitrogen and oxygen atoms in total. The van der Waals surface area contributed by atoms with Gasteiger partial charge in [0.15, 0.2) is 0 Å². The fourth-order valence-electron chi connectivity index (χ4n) is 3.05. The van der Waals surface area contributed by atoms with Crippen LogP contribution in [-0.4, -0.2) is 27.6 Å². The number of fused-ring (bicyclic) bond motifs is 2. The zero-order valence-electron chi connectivity index (χ0n) is 14.0. The van der Waals surface area contributed by atoms with Crippen molar-refractivity contribution in [3.05, 3.63) is 66.7 Å². The number of ether oxygens (including phenoxy) is 1. The van der Waals surface area contributed by atoms with E-state index >= 15 is 0 Å². The molecule has 0 aliphatic carbocycles. The maximum Gasteiger partial charge on any atom is 0.239 e. The second-order valence-corrected chi connectivity index (χ2v) is 6.02. The van der Waals surface area contributed by atoms with Crippen LogP contribution < -0.4 is 4.74 Å². The highest BCUT2D eigenvalue weighted by molar-refractivity contribution is 5.94. The summed E-state index contributed by atoms with van der Waals surface area (Å²) in [4.78, 5) is 21.2. The highest BCUT2D eigenvalue weighted by Crippen LogP contribution is 2.26. The Kier molecular flexibility index (Phi) is 3.69. The van der Waals surface area contributed by atoms with E-state index in [4.69, 9.17) is 4.74 Å². The van der Waals surface area contributed by atoms with Crippen molar-refractivity contribution < 1.29 is 9.53 Å². The van der Waals surface area contributed by atoms with Crippen LogP contribution in [0.3, 0.4) is 0 Å². The van der Waals surface area contributed by atoms with Crippen molar-refractivity contribution in [2.24, 2.45) is 0 Å². The number of rotatable bonds is 3. The first-order valence-corrected chi connectivity index (χ1v) is 8.06. The molecule has 0 fully saturated rings. The smallest absolute Gasteiger partial charge is 0.239 e. The largest absolute Gasteiger partial charge is 0.497 e. The normalized spacial score (nSPS) is 12.4. The molecule has 5 heteroatoms. The second-order valence-electron chi connectivity index (χ2n) is 6.02. The van der Waals surface area contributed by atoms with E-state index in [1.807, 2.05) is 43.3 Å². The number of carbonyl (C=O) groups excluding carboxylic acids is 1. The minimum absolute atomic E-state index is 0.0124. The molecule has 4 rings (SSSR count). The first-order valence-electron chi connectivity index (χ1n) is 8.06. The standard InChI is InChI=1S/C20H17N3O2/c1-13(20(24)23-8-7-17-11-21-12-22-19(17)23)14-3-4-16-10-18(25-2)6-5-15(16)9-14/h3-13H,1-2H3/t13-/m0/s1. The van der Waals surface area contributed by atoms with Gasteiger partial charge in [-0.15, -0.1) is 0 Å². The van der Waals surface area contributed by atoms with E-state index < -0.39 is 0 Å². The fourth-order valence-corrected chi connectivity index (χ4v) is 3.05. The lowest BCUT2D eigenvalue weighted by Crippen LogP contribution is -2.17. The first-order chi connectivity index (χ1) is 12.2. The number of benzene rings is 2. The minimum atomic E-state index is -0.280. The summed E-state index contributed by atoms with van der Waals surface area (Å²) in [5.74, 6) is 0.529. The van der Waals surface area contributed by atoms with Crippen molar-refractivity contribution in [2.75, 3.05) is 7.11 Å². The Bertz CT molecular complexity index is 1080. The molecule has 2 heterocycles. The molecule has 124 valence electrons. The van der Waals surface area contributed by atoms with Crippen molar-refractivity contribution in [1.82, 2.24) is 14.5 Å². The lowest BCUT2D eigenvalue weighted by Gasteiger charge is -2.13. The predicted octanol–water partition coefficient (Wildman–Crippen LogP) is 4.04. The van der Waals surface area contributed by atoms with E-state index in [1.54, 1.807) is 24.1 Å². The van der Waals surface area contributed by atoms with E-state index in [-0.39, 0.29) is 11.8 Å². The average Bonchev–Trinajstić information content (AvgIpc) is 3.10.